The molecule has 0 unspecified atom stereocenters. The monoisotopic (exact) mass is 274 g/mol. The van der Waals surface area contributed by atoms with Crippen molar-refractivity contribution < 1.29 is 4.74 Å². The predicted octanol–water partition coefficient (Wildman–Crippen LogP) is 1.73. The van der Waals surface area contributed by atoms with E-state index in [0.717, 1.165) is 23.4 Å². The van der Waals surface area contributed by atoms with Crippen LogP contribution in [0.25, 0.3) is 0 Å². The second kappa shape index (κ2) is 6.58. The molecule has 0 aromatic carbocycles. The fourth-order valence-corrected chi connectivity index (χ4v) is 1.33. The average molecular weight is 275 g/mol. The van der Waals surface area contributed by atoms with E-state index in [1.54, 1.807) is 13.2 Å². The molecule has 0 aliphatic carbocycles. The van der Waals surface area contributed by atoms with Crippen molar-refractivity contribution in [3.05, 3.63) is 10.7 Å². The summed E-state index contributed by atoms with van der Waals surface area (Å²) in [6.07, 6.45) is 1.71. The Labute approximate surface area is 97.8 Å². The maximum Gasteiger partial charge on any atom is 0.224 e. The minimum absolute atomic E-state index is 0.595. The van der Waals surface area contributed by atoms with Gasteiger partial charge in [0.05, 0.1) is 11.1 Å². The molecular weight excluding hydrogens is 260 g/mol. The van der Waals surface area contributed by atoms with Gasteiger partial charge < -0.3 is 15.4 Å². The van der Waals surface area contributed by atoms with E-state index in [1.165, 1.54) is 0 Å². The van der Waals surface area contributed by atoms with Gasteiger partial charge in [0.15, 0.2) is 0 Å². The number of ether oxygens (including phenoxy) is 1. The van der Waals surface area contributed by atoms with Gasteiger partial charge in [0.1, 0.15) is 5.82 Å². The summed E-state index contributed by atoms with van der Waals surface area (Å²) in [7, 11) is 1.78. The Morgan fingerprint density at radius 2 is 2.33 bits per heavy atom. The van der Waals surface area contributed by atoms with Crippen molar-refractivity contribution in [1.29, 1.82) is 0 Å². The maximum atomic E-state index is 5.21. The highest BCUT2D eigenvalue weighted by molar-refractivity contribution is 9.10. The van der Waals surface area contributed by atoms with Crippen molar-refractivity contribution in [3.63, 3.8) is 0 Å². The van der Waals surface area contributed by atoms with E-state index in [0.29, 0.717) is 12.6 Å². The normalized spacial score (nSPS) is 10.1. The molecule has 0 saturated carbocycles. The fourth-order valence-electron chi connectivity index (χ4n) is 0.997. The Kier molecular flexibility index (Phi) is 5.34. The lowest BCUT2D eigenvalue weighted by Crippen LogP contribution is -2.11. The van der Waals surface area contributed by atoms with E-state index < -0.39 is 0 Å². The van der Waals surface area contributed by atoms with Crippen LogP contribution in [0, 0.1) is 0 Å². The molecule has 0 aliphatic rings. The number of hydrogen-bond acceptors (Lipinski definition) is 5. The minimum Gasteiger partial charge on any atom is -0.380 e. The summed E-state index contributed by atoms with van der Waals surface area (Å²) in [5.41, 5.74) is 0. The highest BCUT2D eigenvalue weighted by Gasteiger charge is 2.02. The number of rotatable bonds is 6. The topological polar surface area (TPSA) is 59.1 Å². The van der Waals surface area contributed by atoms with Crippen LogP contribution in [-0.4, -0.2) is 36.8 Å². The SMILES string of the molecule is CCOCCNc1nc(NC)ncc1Br. The number of aromatic nitrogens is 2. The molecule has 0 radical (unpaired) electrons. The van der Waals surface area contributed by atoms with Gasteiger partial charge in [0, 0.05) is 26.4 Å². The molecule has 0 atom stereocenters. The Morgan fingerprint density at radius 1 is 1.53 bits per heavy atom. The van der Waals surface area contributed by atoms with Crippen LogP contribution in [0.4, 0.5) is 11.8 Å². The van der Waals surface area contributed by atoms with E-state index in [1.807, 2.05) is 6.92 Å². The third-order valence-corrected chi connectivity index (χ3v) is 2.29. The second-order valence-corrected chi connectivity index (χ2v) is 3.62. The summed E-state index contributed by atoms with van der Waals surface area (Å²) >= 11 is 3.37. The number of halogens is 1. The Hall–Kier alpha value is -0.880. The van der Waals surface area contributed by atoms with Crippen molar-refractivity contribution in [2.45, 2.75) is 6.92 Å². The summed E-state index contributed by atoms with van der Waals surface area (Å²) in [6.45, 7) is 4.10. The lowest BCUT2D eigenvalue weighted by Gasteiger charge is -2.08. The molecule has 1 heterocycles. The summed E-state index contributed by atoms with van der Waals surface area (Å²) in [5.74, 6) is 1.37. The molecule has 84 valence electrons. The zero-order chi connectivity index (χ0) is 11.1. The first kappa shape index (κ1) is 12.2. The molecule has 1 rings (SSSR count). The zero-order valence-electron chi connectivity index (χ0n) is 8.88. The van der Waals surface area contributed by atoms with E-state index >= 15 is 0 Å². The highest BCUT2D eigenvalue weighted by Crippen LogP contribution is 2.19. The molecule has 0 fully saturated rings. The van der Waals surface area contributed by atoms with Gasteiger partial charge in [-0.25, -0.2) is 4.98 Å². The first-order chi connectivity index (χ1) is 7.27. The lowest BCUT2D eigenvalue weighted by molar-refractivity contribution is 0.158. The molecule has 0 spiro atoms. The lowest BCUT2D eigenvalue weighted by atomic mass is 10.5. The van der Waals surface area contributed by atoms with Crippen molar-refractivity contribution in [2.75, 3.05) is 37.4 Å². The van der Waals surface area contributed by atoms with E-state index in [4.69, 9.17) is 4.74 Å². The molecule has 5 nitrogen and oxygen atoms in total. The van der Waals surface area contributed by atoms with Crippen molar-refractivity contribution in [1.82, 2.24) is 9.97 Å². The van der Waals surface area contributed by atoms with Crippen molar-refractivity contribution >= 4 is 27.7 Å². The van der Waals surface area contributed by atoms with Gasteiger partial charge in [-0.3, -0.25) is 0 Å². The fraction of sp³-hybridized carbons (Fsp3) is 0.556. The molecule has 0 saturated heterocycles. The van der Waals surface area contributed by atoms with Gasteiger partial charge in [-0.15, -0.1) is 0 Å². The quantitative estimate of drug-likeness (QED) is 0.774. The smallest absolute Gasteiger partial charge is 0.224 e. The van der Waals surface area contributed by atoms with Gasteiger partial charge in [-0.2, -0.15) is 4.98 Å². The molecule has 2 N–H and O–H groups in total. The molecule has 0 amide bonds. The standard InChI is InChI=1S/C9H15BrN4O/c1-3-15-5-4-12-8-7(10)6-13-9(11-2)14-8/h6H,3-5H2,1-2H3,(H2,11,12,13,14). The summed E-state index contributed by atoms with van der Waals surface area (Å²) < 4.78 is 6.06. The van der Waals surface area contributed by atoms with E-state index in [9.17, 15) is 0 Å². The third kappa shape index (κ3) is 4.01. The van der Waals surface area contributed by atoms with Gasteiger partial charge in [0.25, 0.3) is 0 Å². The molecule has 0 aliphatic heterocycles. The largest absolute Gasteiger partial charge is 0.380 e. The second-order valence-electron chi connectivity index (χ2n) is 2.76. The Morgan fingerprint density at radius 3 is 3.00 bits per heavy atom. The number of anilines is 2. The van der Waals surface area contributed by atoms with Gasteiger partial charge in [-0.05, 0) is 22.9 Å². The van der Waals surface area contributed by atoms with Crippen LogP contribution >= 0.6 is 15.9 Å². The van der Waals surface area contributed by atoms with E-state index in [-0.39, 0.29) is 0 Å². The van der Waals surface area contributed by atoms with Crippen LogP contribution < -0.4 is 10.6 Å². The van der Waals surface area contributed by atoms with Crippen LogP contribution in [0.2, 0.25) is 0 Å². The Balaban J connectivity index is 2.51. The van der Waals surface area contributed by atoms with E-state index in [2.05, 4.69) is 36.5 Å². The average Bonchev–Trinajstić information content (AvgIpc) is 2.26. The van der Waals surface area contributed by atoms with Crippen LogP contribution in [0.3, 0.4) is 0 Å². The van der Waals surface area contributed by atoms with Gasteiger partial charge in [-0.1, -0.05) is 0 Å². The molecular formula is C9H15BrN4O. The molecule has 1 aromatic rings. The molecule has 6 heteroatoms. The van der Waals surface area contributed by atoms with Crippen molar-refractivity contribution in [2.24, 2.45) is 0 Å². The minimum atomic E-state index is 0.595. The first-order valence-electron chi connectivity index (χ1n) is 4.79. The van der Waals surface area contributed by atoms with Gasteiger partial charge >= 0.3 is 0 Å². The molecule has 0 bridgehead atoms. The van der Waals surface area contributed by atoms with Crippen LogP contribution in [-0.2, 0) is 4.74 Å². The molecule has 1 aromatic heterocycles. The van der Waals surface area contributed by atoms with Gasteiger partial charge in [0.2, 0.25) is 5.95 Å². The summed E-state index contributed by atoms with van der Waals surface area (Å²) in [4.78, 5) is 8.31. The third-order valence-electron chi connectivity index (χ3n) is 1.71. The predicted molar refractivity (Wildman–Crippen MR) is 64.3 cm³/mol. The highest BCUT2D eigenvalue weighted by atomic mass is 79.9. The zero-order valence-corrected chi connectivity index (χ0v) is 10.5. The summed E-state index contributed by atoms with van der Waals surface area (Å²) in [6, 6.07) is 0. The van der Waals surface area contributed by atoms with Crippen molar-refractivity contribution in [3.8, 4) is 0 Å². The van der Waals surface area contributed by atoms with Crippen LogP contribution in [0.15, 0.2) is 10.7 Å². The van der Waals surface area contributed by atoms with Crippen LogP contribution in [0.1, 0.15) is 6.92 Å². The number of nitrogens with one attached hydrogen (secondary N) is 2. The maximum absolute atomic E-state index is 5.21. The Bertz CT molecular complexity index is 308. The summed E-state index contributed by atoms with van der Waals surface area (Å²) in [5, 5.41) is 6.04. The number of hydrogen-bond donors (Lipinski definition) is 2. The number of nitrogens with zero attached hydrogens (tertiary/aromatic N) is 2. The molecule has 15 heavy (non-hydrogen) atoms. The van der Waals surface area contributed by atoms with Crippen LogP contribution in [0.5, 0.6) is 0 Å². The first-order valence-corrected chi connectivity index (χ1v) is 5.59.